The molecule has 1 atom stereocenters. The summed E-state index contributed by atoms with van der Waals surface area (Å²) in [5, 5.41) is 6.99. The van der Waals surface area contributed by atoms with Crippen LogP contribution in [0.1, 0.15) is 46.0 Å². The van der Waals surface area contributed by atoms with Gasteiger partial charge < -0.3 is 20.4 Å². The number of piperidine rings is 1. The molecular formula is C19H39N5. The molecule has 1 unspecified atom stereocenters. The zero-order valence-electron chi connectivity index (χ0n) is 16.2. The third-order valence-electron chi connectivity index (χ3n) is 5.51. The highest BCUT2D eigenvalue weighted by molar-refractivity contribution is 5.79. The Labute approximate surface area is 149 Å². The van der Waals surface area contributed by atoms with Crippen molar-refractivity contribution >= 4 is 5.96 Å². The monoisotopic (exact) mass is 337 g/mol. The molecule has 5 nitrogen and oxygen atoms in total. The highest BCUT2D eigenvalue weighted by atomic mass is 15.2. The second kappa shape index (κ2) is 10.9. The second-order valence-electron chi connectivity index (χ2n) is 7.71. The fraction of sp³-hybridized carbons (Fsp3) is 0.947. The van der Waals surface area contributed by atoms with Gasteiger partial charge >= 0.3 is 0 Å². The predicted molar refractivity (Wildman–Crippen MR) is 104 cm³/mol. The van der Waals surface area contributed by atoms with Gasteiger partial charge in [0.2, 0.25) is 0 Å². The molecule has 2 heterocycles. The van der Waals surface area contributed by atoms with Crippen molar-refractivity contribution in [3.05, 3.63) is 0 Å². The SMILES string of the molecule is CCCN1CCC(CNC(=NC)NCCCN2CCC(C)CC2)C1. The van der Waals surface area contributed by atoms with E-state index in [4.69, 9.17) is 0 Å². The Morgan fingerprint density at radius 3 is 2.50 bits per heavy atom. The first-order chi connectivity index (χ1) is 11.7. The molecule has 2 saturated heterocycles. The minimum absolute atomic E-state index is 0.769. The summed E-state index contributed by atoms with van der Waals surface area (Å²) in [7, 11) is 1.87. The standard InChI is InChI=1S/C19H39N5/c1-4-10-24-14-8-18(16-24)15-22-19(20-3)21-9-5-11-23-12-6-17(2)7-13-23/h17-18H,4-16H2,1-3H3,(H2,20,21,22). The summed E-state index contributed by atoms with van der Waals surface area (Å²) >= 11 is 0. The molecule has 0 aliphatic carbocycles. The lowest BCUT2D eigenvalue weighted by molar-refractivity contribution is 0.191. The Morgan fingerprint density at radius 1 is 1.04 bits per heavy atom. The first kappa shape index (κ1) is 19.5. The third-order valence-corrected chi connectivity index (χ3v) is 5.51. The predicted octanol–water partition coefficient (Wildman–Crippen LogP) is 2.01. The van der Waals surface area contributed by atoms with Crippen molar-refractivity contribution in [2.45, 2.75) is 46.0 Å². The Kier molecular flexibility index (Phi) is 8.89. The molecule has 0 aromatic carbocycles. The number of aliphatic imine (C=N–C) groups is 1. The number of guanidine groups is 1. The van der Waals surface area contributed by atoms with Crippen molar-refractivity contribution in [1.29, 1.82) is 0 Å². The maximum absolute atomic E-state index is 4.37. The highest BCUT2D eigenvalue weighted by Gasteiger charge is 2.21. The van der Waals surface area contributed by atoms with Crippen LogP contribution in [0.4, 0.5) is 0 Å². The van der Waals surface area contributed by atoms with E-state index < -0.39 is 0 Å². The van der Waals surface area contributed by atoms with Crippen LogP contribution < -0.4 is 10.6 Å². The molecule has 2 fully saturated rings. The fourth-order valence-electron chi connectivity index (χ4n) is 3.86. The van der Waals surface area contributed by atoms with Crippen LogP contribution in [0.2, 0.25) is 0 Å². The largest absolute Gasteiger partial charge is 0.356 e. The van der Waals surface area contributed by atoms with Crippen molar-refractivity contribution in [2.24, 2.45) is 16.8 Å². The van der Waals surface area contributed by atoms with E-state index in [2.05, 4.69) is 39.3 Å². The lowest BCUT2D eigenvalue weighted by Crippen LogP contribution is -2.41. The number of hydrogen-bond acceptors (Lipinski definition) is 3. The molecule has 2 aliphatic rings. The van der Waals surface area contributed by atoms with Crippen molar-refractivity contribution in [2.75, 3.05) is 59.4 Å². The Balaban J connectivity index is 1.53. The average Bonchev–Trinajstić information content (AvgIpc) is 3.04. The molecule has 5 heteroatoms. The van der Waals surface area contributed by atoms with Gasteiger partial charge in [0.25, 0.3) is 0 Å². The van der Waals surface area contributed by atoms with Crippen LogP contribution in [-0.4, -0.2) is 75.2 Å². The van der Waals surface area contributed by atoms with Crippen LogP contribution in [-0.2, 0) is 0 Å². The van der Waals surface area contributed by atoms with E-state index >= 15 is 0 Å². The van der Waals surface area contributed by atoms with Gasteiger partial charge in [0.05, 0.1) is 0 Å². The van der Waals surface area contributed by atoms with Crippen molar-refractivity contribution in [3.63, 3.8) is 0 Å². The first-order valence-corrected chi connectivity index (χ1v) is 10.1. The molecule has 0 radical (unpaired) electrons. The lowest BCUT2D eigenvalue weighted by atomic mass is 9.99. The topological polar surface area (TPSA) is 42.9 Å². The molecular weight excluding hydrogens is 298 g/mol. The van der Waals surface area contributed by atoms with Crippen molar-refractivity contribution in [3.8, 4) is 0 Å². The smallest absolute Gasteiger partial charge is 0.190 e. The molecule has 0 amide bonds. The zero-order chi connectivity index (χ0) is 17.2. The lowest BCUT2D eigenvalue weighted by Gasteiger charge is -2.30. The van der Waals surface area contributed by atoms with E-state index in [0.717, 1.165) is 30.9 Å². The minimum atomic E-state index is 0.769. The summed E-state index contributed by atoms with van der Waals surface area (Å²) in [6, 6.07) is 0. The number of likely N-dealkylation sites (tertiary alicyclic amines) is 2. The molecule has 2 aliphatic heterocycles. The van der Waals surface area contributed by atoms with E-state index in [1.165, 1.54) is 71.4 Å². The van der Waals surface area contributed by atoms with Gasteiger partial charge in [-0.25, -0.2) is 0 Å². The van der Waals surface area contributed by atoms with E-state index in [9.17, 15) is 0 Å². The number of rotatable bonds is 8. The van der Waals surface area contributed by atoms with Crippen LogP contribution in [0, 0.1) is 11.8 Å². The zero-order valence-corrected chi connectivity index (χ0v) is 16.2. The average molecular weight is 338 g/mol. The number of nitrogens with one attached hydrogen (secondary N) is 2. The van der Waals surface area contributed by atoms with Gasteiger partial charge in [-0.15, -0.1) is 0 Å². The van der Waals surface area contributed by atoms with E-state index in [-0.39, 0.29) is 0 Å². The molecule has 0 spiro atoms. The maximum Gasteiger partial charge on any atom is 0.190 e. The van der Waals surface area contributed by atoms with Gasteiger partial charge in [-0.2, -0.15) is 0 Å². The number of nitrogens with zero attached hydrogens (tertiary/aromatic N) is 3. The van der Waals surface area contributed by atoms with Crippen molar-refractivity contribution < 1.29 is 0 Å². The molecule has 0 bridgehead atoms. The van der Waals surface area contributed by atoms with Gasteiger partial charge in [0, 0.05) is 26.7 Å². The quantitative estimate of drug-likeness (QED) is 0.404. The third kappa shape index (κ3) is 6.98. The van der Waals surface area contributed by atoms with Crippen LogP contribution in [0.5, 0.6) is 0 Å². The first-order valence-electron chi connectivity index (χ1n) is 10.1. The van der Waals surface area contributed by atoms with Gasteiger partial charge in [0.15, 0.2) is 5.96 Å². The second-order valence-corrected chi connectivity index (χ2v) is 7.71. The normalized spacial score (nSPS) is 24.5. The molecule has 0 aromatic heterocycles. The fourth-order valence-corrected chi connectivity index (χ4v) is 3.86. The van der Waals surface area contributed by atoms with Crippen molar-refractivity contribution in [1.82, 2.24) is 20.4 Å². The maximum atomic E-state index is 4.37. The minimum Gasteiger partial charge on any atom is -0.356 e. The van der Waals surface area contributed by atoms with Crippen LogP contribution in [0.3, 0.4) is 0 Å². The van der Waals surface area contributed by atoms with Crippen LogP contribution >= 0.6 is 0 Å². The summed E-state index contributed by atoms with van der Waals surface area (Å²) < 4.78 is 0. The Morgan fingerprint density at radius 2 is 1.79 bits per heavy atom. The van der Waals surface area contributed by atoms with Gasteiger partial charge in [-0.3, -0.25) is 4.99 Å². The summed E-state index contributed by atoms with van der Waals surface area (Å²) in [4.78, 5) is 9.56. The Hall–Kier alpha value is -0.810. The molecule has 2 rings (SSSR count). The van der Waals surface area contributed by atoms with Crippen LogP contribution in [0.25, 0.3) is 0 Å². The Bertz CT molecular complexity index is 363. The van der Waals surface area contributed by atoms with E-state index in [1.807, 2.05) is 7.05 Å². The summed E-state index contributed by atoms with van der Waals surface area (Å²) in [6.45, 7) is 14.2. The molecule has 2 N–H and O–H groups in total. The molecule has 0 aromatic rings. The van der Waals surface area contributed by atoms with E-state index in [0.29, 0.717) is 0 Å². The van der Waals surface area contributed by atoms with Gasteiger partial charge in [0.1, 0.15) is 0 Å². The highest BCUT2D eigenvalue weighted by Crippen LogP contribution is 2.16. The summed E-state index contributed by atoms with van der Waals surface area (Å²) in [6.07, 6.45) is 6.51. The number of hydrogen-bond donors (Lipinski definition) is 2. The van der Waals surface area contributed by atoms with Crippen LogP contribution in [0.15, 0.2) is 4.99 Å². The molecule has 0 saturated carbocycles. The van der Waals surface area contributed by atoms with Gasteiger partial charge in [-0.05, 0) is 76.7 Å². The molecule has 140 valence electrons. The van der Waals surface area contributed by atoms with Gasteiger partial charge in [-0.1, -0.05) is 13.8 Å². The molecule has 24 heavy (non-hydrogen) atoms. The summed E-state index contributed by atoms with van der Waals surface area (Å²) in [5.41, 5.74) is 0. The summed E-state index contributed by atoms with van der Waals surface area (Å²) in [5.74, 6) is 2.66. The van der Waals surface area contributed by atoms with E-state index in [1.54, 1.807) is 0 Å².